The van der Waals surface area contributed by atoms with E-state index in [2.05, 4.69) is 11.4 Å². The molecule has 24 heavy (non-hydrogen) atoms. The lowest BCUT2D eigenvalue weighted by Crippen LogP contribution is -2.35. The van der Waals surface area contributed by atoms with Crippen LogP contribution in [0.25, 0.3) is 0 Å². The summed E-state index contributed by atoms with van der Waals surface area (Å²) >= 11 is 0. The van der Waals surface area contributed by atoms with Gasteiger partial charge in [0.25, 0.3) is 5.91 Å². The van der Waals surface area contributed by atoms with E-state index in [1.54, 1.807) is 0 Å². The molecule has 4 heteroatoms. The molecule has 1 atom stereocenters. The van der Waals surface area contributed by atoms with Gasteiger partial charge in [0, 0.05) is 5.69 Å². The van der Waals surface area contributed by atoms with Crippen LogP contribution in [0.5, 0.6) is 0 Å². The molecule has 1 aliphatic rings. The molecule has 1 fully saturated rings. The average molecular weight is 322 g/mol. The number of carbonyl (C=O) groups excluding carboxylic acids is 2. The second-order valence-electron chi connectivity index (χ2n) is 6.56. The fourth-order valence-corrected chi connectivity index (χ4v) is 3.04. The Kier molecular flexibility index (Phi) is 4.14. The Morgan fingerprint density at radius 1 is 0.917 bits per heavy atom. The normalized spacial score (nSPS) is 17.5. The van der Waals surface area contributed by atoms with Crippen molar-refractivity contribution in [3.05, 3.63) is 58.7 Å². The van der Waals surface area contributed by atoms with Crippen LogP contribution in [0.15, 0.2) is 36.4 Å². The van der Waals surface area contributed by atoms with Crippen LogP contribution in [-0.4, -0.2) is 17.9 Å². The number of nitrogens with one attached hydrogen (secondary N) is 1. The highest BCUT2D eigenvalue weighted by atomic mass is 16.2. The first-order chi connectivity index (χ1) is 11.4. The zero-order valence-corrected chi connectivity index (χ0v) is 14.5. The Bertz CT molecular complexity index is 826. The molecule has 0 radical (unpaired) electrons. The molecular formula is C20H22N2O2. The van der Waals surface area contributed by atoms with Crippen molar-refractivity contribution in [2.24, 2.45) is 0 Å². The minimum absolute atomic E-state index is 0.162. The number of carbonyl (C=O) groups is 2. The standard InChI is InChI=1S/C20H22N2O2/c1-12-5-8-17(15(4)9-12)21-18-11-19(23)22(20(18)24)16-7-6-13(2)14(3)10-16/h5-10,18,21H,11H2,1-4H3/t18-/m1/s1. The number of hydrogen-bond donors (Lipinski definition) is 1. The van der Waals surface area contributed by atoms with Crippen LogP contribution in [0, 0.1) is 27.7 Å². The number of nitrogens with zero attached hydrogens (tertiary/aromatic N) is 1. The summed E-state index contributed by atoms with van der Waals surface area (Å²) in [4.78, 5) is 26.4. The van der Waals surface area contributed by atoms with Crippen molar-refractivity contribution in [3.8, 4) is 0 Å². The number of hydrogen-bond acceptors (Lipinski definition) is 3. The average Bonchev–Trinajstić information content (AvgIpc) is 2.79. The molecule has 1 saturated heterocycles. The third-order valence-corrected chi connectivity index (χ3v) is 4.61. The smallest absolute Gasteiger partial charge is 0.256 e. The molecule has 2 amide bonds. The third-order valence-electron chi connectivity index (χ3n) is 4.61. The molecule has 2 aromatic rings. The van der Waals surface area contributed by atoms with Crippen molar-refractivity contribution < 1.29 is 9.59 Å². The molecule has 4 nitrogen and oxygen atoms in total. The van der Waals surface area contributed by atoms with E-state index < -0.39 is 6.04 Å². The molecule has 0 aromatic heterocycles. The van der Waals surface area contributed by atoms with Gasteiger partial charge in [-0.1, -0.05) is 23.8 Å². The molecule has 1 N–H and O–H groups in total. The van der Waals surface area contributed by atoms with E-state index in [1.807, 2.05) is 58.0 Å². The van der Waals surface area contributed by atoms with Gasteiger partial charge in [0.2, 0.25) is 5.91 Å². The van der Waals surface area contributed by atoms with Crippen molar-refractivity contribution in [3.63, 3.8) is 0 Å². The lowest BCUT2D eigenvalue weighted by Gasteiger charge is -2.18. The molecule has 1 aliphatic heterocycles. The summed E-state index contributed by atoms with van der Waals surface area (Å²) in [7, 11) is 0. The van der Waals surface area contributed by atoms with Crippen molar-refractivity contribution in [2.75, 3.05) is 10.2 Å². The minimum atomic E-state index is -0.513. The molecular weight excluding hydrogens is 300 g/mol. The van der Waals surface area contributed by atoms with E-state index in [9.17, 15) is 9.59 Å². The maximum atomic E-state index is 12.7. The van der Waals surface area contributed by atoms with E-state index in [0.29, 0.717) is 5.69 Å². The van der Waals surface area contributed by atoms with Gasteiger partial charge in [0.05, 0.1) is 12.1 Å². The van der Waals surface area contributed by atoms with Gasteiger partial charge in [0.1, 0.15) is 6.04 Å². The van der Waals surface area contributed by atoms with Crippen molar-refractivity contribution in [1.29, 1.82) is 0 Å². The number of amides is 2. The van der Waals surface area contributed by atoms with E-state index >= 15 is 0 Å². The predicted octanol–water partition coefficient (Wildman–Crippen LogP) is 3.66. The summed E-state index contributed by atoms with van der Waals surface area (Å²) in [6, 6.07) is 11.2. The second kappa shape index (κ2) is 6.11. The number of imide groups is 1. The first kappa shape index (κ1) is 16.2. The molecule has 0 unspecified atom stereocenters. The number of benzene rings is 2. The van der Waals surface area contributed by atoms with Gasteiger partial charge in [-0.3, -0.25) is 9.59 Å². The van der Waals surface area contributed by atoms with Crippen LogP contribution < -0.4 is 10.2 Å². The monoisotopic (exact) mass is 322 g/mol. The summed E-state index contributed by atoms with van der Waals surface area (Å²) in [6.45, 7) is 8.02. The fourth-order valence-electron chi connectivity index (χ4n) is 3.04. The van der Waals surface area contributed by atoms with Crippen LogP contribution in [0.2, 0.25) is 0 Å². The van der Waals surface area contributed by atoms with Gasteiger partial charge in [0.15, 0.2) is 0 Å². The number of anilines is 2. The Morgan fingerprint density at radius 2 is 1.67 bits per heavy atom. The summed E-state index contributed by atoms with van der Waals surface area (Å²) < 4.78 is 0. The predicted molar refractivity (Wildman–Crippen MR) is 96.4 cm³/mol. The highest BCUT2D eigenvalue weighted by Crippen LogP contribution is 2.27. The van der Waals surface area contributed by atoms with E-state index in [1.165, 1.54) is 10.5 Å². The molecule has 0 aliphatic carbocycles. The highest BCUT2D eigenvalue weighted by Gasteiger charge is 2.39. The Hall–Kier alpha value is -2.62. The van der Waals surface area contributed by atoms with Crippen LogP contribution in [-0.2, 0) is 9.59 Å². The van der Waals surface area contributed by atoms with E-state index in [0.717, 1.165) is 22.4 Å². The van der Waals surface area contributed by atoms with Gasteiger partial charge >= 0.3 is 0 Å². The van der Waals surface area contributed by atoms with Crippen LogP contribution in [0.4, 0.5) is 11.4 Å². The fraction of sp³-hybridized carbons (Fsp3) is 0.300. The van der Waals surface area contributed by atoms with E-state index in [4.69, 9.17) is 0 Å². The Morgan fingerprint density at radius 3 is 2.33 bits per heavy atom. The summed E-state index contributed by atoms with van der Waals surface area (Å²) in [5, 5.41) is 3.23. The van der Waals surface area contributed by atoms with E-state index in [-0.39, 0.29) is 18.2 Å². The molecule has 2 aromatic carbocycles. The van der Waals surface area contributed by atoms with Crippen molar-refractivity contribution in [2.45, 2.75) is 40.2 Å². The van der Waals surface area contributed by atoms with Gasteiger partial charge in [-0.05, 0) is 62.6 Å². The maximum Gasteiger partial charge on any atom is 0.256 e. The molecule has 124 valence electrons. The van der Waals surface area contributed by atoms with Gasteiger partial charge < -0.3 is 5.32 Å². The van der Waals surface area contributed by atoms with Crippen molar-refractivity contribution in [1.82, 2.24) is 0 Å². The Labute approximate surface area is 142 Å². The third kappa shape index (κ3) is 2.92. The second-order valence-corrected chi connectivity index (χ2v) is 6.56. The molecule has 0 saturated carbocycles. The van der Waals surface area contributed by atoms with Crippen LogP contribution in [0.3, 0.4) is 0 Å². The van der Waals surface area contributed by atoms with Gasteiger partial charge in [-0.2, -0.15) is 0 Å². The summed E-state index contributed by atoms with van der Waals surface area (Å²) in [5.41, 5.74) is 6.00. The highest BCUT2D eigenvalue weighted by molar-refractivity contribution is 6.23. The molecule has 0 bridgehead atoms. The molecule has 3 rings (SSSR count). The molecule has 1 heterocycles. The quantitative estimate of drug-likeness (QED) is 0.877. The maximum absolute atomic E-state index is 12.7. The number of aryl methyl sites for hydroxylation is 4. The number of rotatable bonds is 3. The van der Waals surface area contributed by atoms with Gasteiger partial charge in [-0.15, -0.1) is 0 Å². The minimum Gasteiger partial charge on any atom is -0.373 e. The summed E-state index contributed by atoms with van der Waals surface area (Å²) in [5.74, 6) is -0.353. The van der Waals surface area contributed by atoms with Crippen LogP contribution >= 0.6 is 0 Å². The topological polar surface area (TPSA) is 49.4 Å². The lowest BCUT2D eigenvalue weighted by atomic mass is 10.1. The van der Waals surface area contributed by atoms with Gasteiger partial charge in [-0.25, -0.2) is 4.90 Å². The Balaban J connectivity index is 1.84. The zero-order valence-electron chi connectivity index (χ0n) is 14.5. The first-order valence-corrected chi connectivity index (χ1v) is 8.14. The lowest BCUT2D eigenvalue weighted by molar-refractivity contribution is -0.121. The SMILES string of the molecule is Cc1ccc(N[C@@H]2CC(=O)N(c3ccc(C)c(C)c3)C2=O)c(C)c1. The first-order valence-electron chi connectivity index (χ1n) is 8.14. The zero-order chi connectivity index (χ0) is 17.4. The van der Waals surface area contributed by atoms with Crippen LogP contribution in [0.1, 0.15) is 28.7 Å². The summed E-state index contributed by atoms with van der Waals surface area (Å²) in [6.07, 6.45) is 0.180. The largest absolute Gasteiger partial charge is 0.373 e. The van der Waals surface area contributed by atoms with Crippen molar-refractivity contribution >= 4 is 23.2 Å². The molecule has 0 spiro atoms.